The van der Waals surface area contributed by atoms with Crippen molar-refractivity contribution in [1.82, 2.24) is 5.43 Å². The topological polar surface area (TPSA) is 24.4 Å². The Kier molecular flexibility index (Phi) is 4.32. The first kappa shape index (κ1) is 13.2. The Labute approximate surface area is 121 Å². The largest absolute Gasteiger partial charge is 0.307 e. The first-order chi connectivity index (χ1) is 9.93. The number of hydrazone groups is 1. The molecule has 1 fully saturated rings. The number of benzene rings is 1. The molecule has 0 heterocycles. The molecule has 0 aliphatic heterocycles. The van der Waals surface area contributed by atoms with Gasteiger partial charge in [0, 0.05) is 12.0 Å². The zero-order chi connectivity index (χ0) is 13.6. The van der Waals surface area contributed by atoms with E-state index in [4.69, 9.17) is 0 Å². The lowest BCUT2D eigenvalue weighted by molar-refractivity contribution is 0.381. The van der Waals surface area contributed by atoms with E-state index in [-0.39, 0.29) is 0 Å². The van der Waals surface area contributed by atoms with Crippen molar-refractivity contribution in [3.05, 3.63) is 59.7 Å². The number of hydrogen-bond donors (Lipinski definition) is 1. The van der Waals surface area contributed by atoms with Gasteiger partial charge in [-0.3, -0.25) is 0 Å². The molecule has 0 radical (unpaired) electrons. The zero-order valence-electron chi connectivity index (χ0n) is 11.8. The summed E-state index contributed by atoms with van der Waals surface area (Å²) in [7, 11) is 0. The number of nitrogens with zero attached hydrogens (tertiary/aromatic N) is 1. The van der Waals surface area contributed by atoms with E-state index in [1.807, 2.05) is 6.21 Å². The van der Waals surface area contributed by atoms with Crippen LogP contribution in [0.4, 0.5) is 0 Å². The molecule has 2 aliphatic carbocycles. The number of rotatable bonds is 4. The van der Waals surface area contributed by atoms with Crippen LogP contribution in [0.5, 0.6) is 0 Å². The van der Waals surface area contributed by atoms with Gasteiger partial charge < -0.3 is 5.43 Å². The van der Waals surface area contributed by atoms with Crippen LogP contribution in [0.3, 0.4) is 0 Å². The van der Waals surface area contributed by atoms with Gasteiger partial charge in [0.2, 0.25) is 0 Å². The highest BCUT2D eigenvalue weighted by Gasteiger charge is 2.12. The summed E-state index contributed by atoms with van der Waals surface area (Å²) in [5, 5.41) is 4.47. The molecule has 0 bridgehead atoms. The maximum absolute atomic E-state index is 4.47. The highest BCUT2D eigenvalue weighted by Crippen LogP contribution is 2.25. The molecule has 20 heavy (non-hydrogen) atoms. The van der Waals surface area contributed by atoms with Gasteiger partial charge >= 0.3 is 0 Å². The molecule has 3 rings (SSSR count). The van der Waals surface area contributed by atoms with E-state index in [9.17, 15) is 0 Å². The molecule has 0 unspecified atom stereocenters. The van der Waals surface area contributed by atoms with Gasteiger partial charge in [-0.2, -0.15) is 5.10 Å². The van der Waals surface area contributed by atoms with Gasteiger partial charge in [-0.1, -0.05) is 67.8 Å². The molecule has 1 saturated carbocycles. The van der Waals surface area contributed by atoms with Crippen molar-refractivity contribution in [3.8, 4) is 0 Å². The van der Waals surface area contributed by atoms with Crippen molar-refractivity contribution in [3.63, 3.8) is 0 Å². The molecule has 1 aromatic carbocycles. The van der Waals surface area contributed by atoms with Crippen LogP contribution in [0.15, 0.2) is 53.7 Å². The highest BCUT2D eigenvalue weighted by molar-refractivity contribution is 5.82. The van der Waals surface area contributed by atoms with E-state index < -0.39 is 0 Å². The normalized spacial score (nSPS) is 20.0. The molecular weight excluding hydrogens is 244 g/mol. The molecule has 0 atom stereocenters. The number of hydrogen-bond acceptors (Lipinski definition) is 2. The molecule has 0 amide bonds. The molecule has 0 aromatic heterocycles. The van der Waals surface area contributed by atoms with Gasteiger partial charge in [0.1, 0.15) is 0 Å². The fourth-order valence-electron chi connectivity index (χ4n) is 3.02. The van der Waals surface area contributed by atoms with Crippen LogP contribution in [-0.2, 0) is 0 Å². The predicted molar refractivity (Wildman–Crippen MR) is 85.1 cm³/mol. The lowest BCUT2D eigenvalue weighted by Crippen LogP contribution is -2.26. The lowest BCUT2D eigenvalue weighted by atomic mass is 9.96. The molecule has 104 valence electrons. The van der Waals surface area contributed by atoms with Crippen molar-refractivity contribution >= 4 is 6.21 Å². The number of allylic oxidation sites excluding steroid dienone is 4. The Balaban J connectivity index is 1.67. The van der Waals surface area contributed by atoms with Crippen molar-refractivity contribution in [2.45, 2.75) is 44.1 Å². The van der Waals surface area contributed by atoms with Crippen molar-refractivity contribution in [2.75, 3.05) is 0 Å². The maximum Gasteiger partial charge on any atom is 0.0543 e. The first-order valence-corrected chi connectivity index (χ1v) is 7.66. The van der Waals surface area contributed by atoms with Crippen LogP contribution < -0.4 is 5.43 Å². The third-order valence-corrected chi connectivity index (χ3v) is 4.17. The average Bonchev–Trinajstić information content (AvgIpc) is 3.03. The molecule has 0 spiro atoms. The summed E-state index contributed by atoms with van der Waals surface area (Å²) in [4.78, 5) is 0. The van der Waals surface area contributed by atoms with Crippen LogP contribution in [0.2, 0.25) is 0 Å². The quantitative estimate of drug-likeness (QED) is 0.642. The van der Waals surface area contributed by atoms with Gasteiger partial charge in [0.25, 0.3) is 0 Å². The maximum atomic E-state index is 4.47. The van der Waals surface area contributed by atoms with E-state index in [1.165, 1.54) is 43.2 Å². The summed E-state index contributed by atoms with van der Waals surface area (Å²) in [6, 6.07) is 9.07. The Hall–Kier alpha value is -1.83. The summed E-state index contributed by atoms with van der Waals surface area (Å²) >= 11 is 0. The smallest absolute Gasteiger partial charge is 0.0543 e. The Morgan fingerprint density at radius 3 is 2.55 bits per heavy atom. The number of nitrogens with one attached hydrogen (secondary N) is 1. The van der Waals surface area contributed by atoms with E-state index in [2.05, 4.69) is 59.1 Å². The van der Waals surface area contributed by atoms with E-state index in [0.717, 1.165) is 0 Å². The second-order valence-electron chi connectivity index (χ2n) is 5.65. The monoisotopic (exact) mass is 266 g/mol. The average molecular weight is 266 g/mol. The minimum Gasteiger partial charge on any atom is -0.307 e. The second-order valence-corrected chi connectivity index (χ2v) is 5.65. The fourth-order valence-corrected chi connectivity index (χ4v) is 3.02. The Morgan fingerprint density at radius 2 is 1.75 bits per heavy atom. The van der Waals surface area contributed by atoms with Crippen LogP contribution in [0, 0.1) is 0 Å². The minimum atomic E-state index is 0.396. The highest BCUT2D eigenvalue weighted by atomic mass is 15.3. The molecule has 2 nitrogen and oxygen atoms in total. The summed E-state index contributed by atoms with van der Waals surface area (Å²) in [6.45, 7) is 0. The van der Waals surface area contributed by atoms with Crippen molar-refractivity contribution in [1.29, 1.82) is 0 Å². The predicted octanol–water partition coefficient (Wildman–Crippen LogP) is 4.15. The van der Waals surface area contributed by atoms with E-state index >= 15 is 0 Å². The zero-order valence-corrected chi connectivity index (χ0v) is 11.8. The van der Waals surface area contributed by atoms with Gasteiger partial charge in [0.05, 0.1) is 6.21 Å². The van der Waals surface area contributed by atoms with Gasteiger partial charge in [0.15, 0.2) is 0 Å². The van der Waals surface area contributed by atoms with Gasteiger partial charge in [-0.25, -0.2) is 0 Å². The van der Waals surface area contributed by atoms with Crippen LogP contribution >= 0.6 is 0 Å². The summed E-state index contributed by atoms with van der Waals surface area (Å²) < 4.78 is 0. The molecule has 1 aromatic rings. The first-order valence-electron chi connectivity index (χ1n) is 7.66. The summed E-state index contributed by atoms with van der Waals surface area (Å²) in [5.41, 5.74) is 5.85. The fraction of sp³-hybridized carbons (Fsp3) is 0.389. The van der Waals surface area contributed by atoms with Crippen molar-refractivity contribution < 1.29 is 0 Å². The molecule has 0 saturated heterocycles. The molecule has 2 heteroatoms. The van der Waals surface area contributed by atoms with Crippen LogP contribution in [0.25, 0.3) is 0 Å². The third kappa shape index (κ3) is 3.19. The van der Waals surface area contributed by atoms with E-state index in [1.54, 1.807) is 0 Å². The SMILES string of the molecule is C1=CC(c2ccccc2C=NNC2CCCCC2)C=C1. The molecular formula is C18H22N2. The molecule has 1 N–H and O–H groups in total. The molecule has 2 aliphatic rings. The van der Waals surface area contributed by atoms with Crippen LogP contribution in [0.1, 0.15) is 49.1 Å². The lowest BCUT2D eigenvalue weighted by Gasteiger charge is -2.20. The third-order valence-electron chi connectivity index (χ3n) is 4.17. The Morgan fingerprint density at radius 1 is 1.00 bits per heavy atom. The minimum absolute atomic E-state index is 0.396. The van der Waals surface area contributed by atoms with Crippen molar-refractivity contribution in [2.24, 2.45) is 5.10 Å². The summed E-state index contributed by atoms with van der Waals surface area (Å²) in [5.74, 6) is 0.396. The van der Waals surface area contributed by atoms with Gasteiger partial charge in [-0.05, 0) is 24.0 Å². The van der Waals surface area contributed by atoms with Crippen LogP contribution in [-0.4, -0.2) is 12.3 Å². The second kappa shape index (κ2) is 6.56. The van der Waals surface area contributed by atoms with E-state index in [0.29, 0.717) is 12.0 Å². The summed E-state index contributed by atoms with van der Waals surface area (Å²) in [6.07, 6.45) is 17.2. The Bertz CT molecular complexity index is 510. The van der Waals surface area contributed by atoms with Gasteiger partial charge in [-0.15, -0.1) is 0 Å². The standard InChI is InChI=1S/C18H22N2/c1-2-11-17(12-3-1)20-19-14-16-10-6-7-13-18(16)15-8-4-5-9-15/h4-10,13-15,17,20H,1-3,11-12H2.